The molecule has 0 saturated heterocycles. The minimum atomic E-state index is 0.270. The van der Waals surface area contributed by atoms with Crippen molar-refractivity contribution in [2.24, 2.45) is 0 Å². The SMILES string of the molecule is CCC(Cl)CNCCSc1ccccc1. The molecule has 0 fully saturated rings. The Kier molecular flexibility index (Phi) is 6.90. The highest BCUT2D eigenvalue weighted by Gasteiger charge is 1.99. The smallest absolute Gasteiger partial charge is 0.0458 e. The average Bonchev–Trinajstić information content (AvgIpc) is 2.29. The van der Waals surface area contributed by atoms with Crippen molar-refractivity contribution in [2.75, 3.05) is 18.8 Å². The van der Waals surface area contributed by atoms with Crippen molar-refractivity contribution in [3.63, 3.8) is 0 Å². The number of hydrogen-bond donors (Lipinski definition) is 1. The van der Waals surface area contributed by atoms with Gasteiger partial charge in [-0.3, -0.25) is 0 Å². The van der Waals surface area contributed by atoms with Crippen LogP contribution in [-0.4, -0.2) is 24.2 Å². The third kappa shape index (κ3) is 6.08. The molecule has 0 spiro atoms. The van der Waals surface area contributed by atoms with E-state index >= 15 is 0 Å². The molecule has 0 saturated carbocycles. The Morgan fingerprint density at radius 3 is 2.73 bits per heavy atom. The second-order valence-electron chi connectivity index (χ2n) is 3.37. The lowest BCUT2D eigenvalue weighted by atomic mass is 10.3. The summed E-state index contributed by atoms with van der Waals surface area (Å²) in [5.41, 5.74) is 0. The van der Waals surface area contributed by atoms with Crippen LogP contribution in [0.1, 0.15) is 13.3 Å². The van der Waals surface area contributed by atoms with Crippen LogP contribution in [0.3, 0.4) is 0 Å². The summed E-state index contributed by atoms with van der Waals surface area (Å²) in [4.78, 5) is 1.33. The van der Waals surface area contributed by atoms with Crippen LogP contribution in [0.15, 0.2) is 35.2 Å². The molecular formula is C12H18ClNS. The molecule has 1 aromatic carbocycles. The van der Waals surface area contributed by atoms with E-state index in [0.29, 0.717) is 0 Å². The van der Waals surface area contributed by atoms with E-state index in [4.69, 9.17) is 11.6 Å². The minimum Gasteiger partial charge on any atom is -0.314 e. The third-order valence-electron chi connectivity index (χ3n) is 2.10. The van der Waals surface area contributed by atoms with E-state index in [1.807, 2.05) is 17.8 Å². The van der Waals surface area contributed by atoms with E-state index in [0.717, 1.165) is 25.3 Å². The summed E-state index contributed by atoms with van der Waals surface area (Å²) < 4.78 is 0. The van der Waals surface area contributed by atoms with Gasteiger partial charge in [0.15, 0.2) is 0 Å². The Balaban J connectivity index is 2.03. The molecule has 0 bridgehead atoms. The predicted octanol–water partition coefficient (Wildman–Crippen LogP) is 3.39. The maximum absolute atomic E-state index is 5.99. The summed E-state index contributed by atoms with van der Waals surface area (Å²) in [5.74, 6) is 1.09. The number of alkyl halides is 1. The Hall–Kier alpha value is -0.180. The molecule has 0 aromatic heterocycles. The van der Waals surface area contributed by atoms with E-state index in [1.165, 1.54) is 4.90 Å². The maximum atomic E-state index is 5.99. The van der Waals surface area contributed by atoms with Crippen LogP contribution in [0.5, 0.6) is 0 Å². The topological polar surface area (TPSA) is 12.0 Å². The molecule has 0 radical (unpaired) electrons. The fourth-order valence-electron chi connectivity index (χ4n) is 1.16. The van der Waals surface area contributed by atoms with Crippen molar-refractivity contribution < 1.29 is 0 Å². The van der Waals surface area contributed by atoms with Gasteiger partial charge in [-0.15, -0.1) is 23.4 Å². The molecule has 0 aliphatic carbocycles. The number of rotatable bonds is 7. The van der Waals surface area contributed by atoms with E-state index in [9.17, 15) is 0 Å². The van der Waals surface area contributed by atoms with E-state index < -0.39 is 0 Å². The summed E-state index contributed by atoms with van der Waals surface area (Å²) in [5, 5.41) is 3.62. The van der Waals surface area contributed by atoms with Crippen LogP contribution in [0.2, 0.25) is 0 Å². The van der Waals surface area contributed by atoms with Gasteiger partial charge in [0.2, 0.25) is 0 Å². The molecular weight excluding hydrogens is 226 g/mol. The van der Waals surface area contributed by atoms with Gasteiger partial charge < -0.3 is 5.32 Å². The lowest BCUT2D eigenvalue weighted by Gasteiger charge is -2.07. The van der Waals surface area contributed by atoms with Gasteiger partial charge >= 0.3 is 0 Å². The van der Waals surface area contributed by atoms with Gasteiger partial charge in [0, 0.05) is 29.1 Å². The van der Waals surface area contributed by atoms with Gasteiger partial charge in [-0.25, -0.2) is 0 Å². The summed E-state index contributed by atoms with van der Waals surface area (Å²) in [6.45, 7) is 4.04. The van der Waals surface area contributed by atoms with Crippen molar-refractivity contribution in [1.82, 2.24) is 5.32 Å². The average molecular weight is 244 g/mol. The molecule has 1 N–H and O–H groups in total. The van der Waals surface area contributed by atoms with Crippen LogP contribution in [0.4, 0.5) is 0 Å². The number of thioether (sulfide) groups is 1. The van der Waals surface area contributed by atoms with Crippen LogP contribution in [0.25, 0.3) is 0 Å². The first-order valence-corrected chi connectivity index (χ1v) is 6.77. The van der Waals surface area contributed by atoms with E-state index in [1.54, 1.807) is 0 Å². The highest BCUT2D eigenvalue weighted by molar-refractivity contribution is 7.99. The molecule has 3 heteroatoms. The molecule has 1 rings (SSSR count). The Morgan fingerprint density at radius 1 is 1.33 bits per heavy atom. The van der Waals surface area contributed by atoms with E-state index in [-0.39, 0.29) is 5.38 Å². The zero-order valence-electron chi connectivity index (χ0n) is 9.08. The predicted molar refractivity (Wildman–Crippen MR) is 70.0 cm³/mol. The van der Waals surface area contributed by atoms with Gasteiger partial charge in [-0.2, -0.15) is 0 Å². The third-order valence-corrected chi connectivity index (χ3v) is 3.58. The number of benzene rings is 1. The molecule has 1 aromatic rings. The molecule has 0 aliphatic rings. The molecule has 0 heterocycles. The Labute approximate surface area is 102 Å². The highest BCUT2D eigenvalue weighted by atomic mass is 35.5. The van der Waals surface area contributed by atoms with Crippen molar-refractivity contribution in [1.29, 1.82) is 0 Å². The summed E-state index contributed by atoms with van der Waals surface area (Å²) in [7, 11) is 0. The zero-order valence-corrected chi connectivity index (χ0v) is 10.7. The molecule has 1 nitrogen and oxygen atoms in total. The van der Waals surface area contributed by atoms with Crippen LogP contribution in [0, 0.1) is 0 Å². The Bertz CT molecular complexity index is 253. The van der Waals surface area contributed by atoms with Crippen molar-refractivity contribution >= 4 is 23.4 Å². The van der Waals surface area contributed by atoms with Gasteiger partial charge in [0.25, 0.3) is 0 Å². The Morgan fingerprint density at radius 2 is 2.07 bits per heavy atom. The quantitative estimate of drug-likeness (QED) is 0.448. The molecule has 0 aliphatic heterocycles. The molecule has 1 atom stereocenters. The first kappa shape index (κ1) is 12.9. The fraction of sp³-hybridized carbons (Fsp3) is 0.500. The second-order valence-corrected chi connectivity index (χ2v) is 5.16. The van der Waals surface area contributed by atoms with Crippen LogP contribution in [-0.2, 0) is 0 Å². The first-order valence-electron chi connectivity index (χ1n) is 5.35. The van der Waals surface area contributed by atoms with Gasteiger partial charge in [0.1, 0.15) is 0 Å². The lowest BCUT2D eigenvalue weighted by Crippen LogP contribution is -2.24. The molecule has 0 amide bonds. The van der Waals surface area contributed by atoms with Gasteiger partial charge in [0.05, 0.1) is 0 Å². The van der Waals surface area contributed by atoms with E-state index in [2.05, 4.69) is 36.5 Å². The highest BCUT2D eigenvalue weighted by Crippen LogP contribution is 2.15. The molecule has 15 heavy (non-hydrogen) atoms. The largest absolute Gasteiger partial charge is 0.314 e. The number of halogens is 1. The number of hydrogen-bond acceptors (Lipinski definition) is 2. The lowest BCUT2D eigenvalue weighted by molar-refractivity contribution is 0.673. The second kappa shape index (κ2) is 8.03. The molecule has 84 valence electrons. The van der Waals surface area contributed by atoms with Gasteiger partial charge in [-0.05, 0) is 18.6 Å². The van der Waals surface area contributed by atoms with Gasteiger partial charge in [-0.1, -0.05) is 25.1 Å². The van der Waals surface area contributed by atoms with Crippen molar-refractivity contribution in [2.45, 2.75) is 23.6 Å². The van der Waals surface area contributed by atoms with Crippen LogP contribution >= 0.6 is 23.4 Å². The van der Waals surface area contributed by atoms with Crippen molar-refractivity contribution in [3.8, 4) is 0 Å². The summed E-state index contributed by atoms with van der Waals surface area (Å²) >= 11 is 7.87. The summed E-state index contributed by atoms with van der Waals surface area (Å²) in [6.07, 6.45) is 1.03. The minimum absolute atomic E-state index is 0.270. The fourth-order valence-corrected chi connectivity index (χ4v) is 2.10. The first-order chi connectivity index (χ1) is 7.33. The standard InChI is InChI=1S/C12H18ClNS/c1-2-11(13)10-14-8-9-15-12-6-4-3-5-7-12/h3-7,11,14H,2,8-10H2,1H3. The zero-order chi connectivity index (χ0) is 10.9. The molecule has 1 unspecified atom stereocenters. The monoisotopic (exact) mass is 243 g/mol. The van der Waals surface area contributed by atoms with Crippen molar-refractivity contribution in [3.05, 3.63) is 30.3 Å². The van der Waals surface area contributed by atoms with Crippen LogP contribution < -0.4 is 5.32 Å². The maximum Gasteiger partial charge on any atom is 0.0458 e. The normalized spacial score (nSPS) is 12.7. The summed E-state index contributed by atoms with van der Waals surface area (Å²) in [6, 6.07) is 10.5. The number of nitrogens with one attached hydrogen (secondary N) is 1.